The van der Waals surface area contributed by atoms with Gasteiger partial charge in [0.2, 0.25) is 5.91 Å². The van der Waals surface area contributed by atoms with Crippen molar-refractivity contribution in [1.82, 2.24) is 5.32 Å². The van der Waals surface area contributed by atoms with Gasteiger partial charge in [-0.25, -0.2) is 0 Å². The third-order valence-corrected chi connectivity index (χ3v) is 3.31. The van der Waals surface area contributed by atoms with Crippen molar-refractivity contribution in [2.45, 2.75) is 11.7 Å². The van der Waals surface area contributed by atoms with Crippen molar-refractivity contribution in [3.05, 3.63) is 29.8 Å². The normalized spacial score (nSPS) is 20.9. The van der Waals surface area contributed by atoms with Crippen LogP contribution in [0.2, 0.25) is 0 Å². The fourth-order valence-corrected chi connectivity index (χ4v) is 2.40. The van der Waals surface area contributed by atoms with Crippen molar-refractivity contribution in [2.24, 2.45) is 0 Å². The van der Waals surface area contributed by atoms with Gasteiger partial charge in [0.25, 0.3) is 0 Å². The fraction of sp³-hybridized carbons (Fsp3) is 0.300. The zero-order valence-electron chi connectivity index (χ0n) is 7.56. The number of amides is 1. The van der Waals surface area contributed by atoms with Gasteiger partial charge in [-0.2, -0.15) is 0 Å². The van der Waals surface area contributed by atoms with Crippen LogP contribution in [0.15, 0.2) is 24.3 Å². The minimum absolute atomic E-state index is 0.0525. The Morgan fingerprint density at radius 3 is 2.93 bits per heavy atom. The Kier molecular flexibility index (Phi) is 2.63. The molecule has 1 atom stereocenters. The highest BCUT2D eigenvalue weighted by Crippen LogP contribution is 2.24. The molecule has 1 aliphatic heterocycles. The number of nitrogens with one attached hydrogen (secondary N) is 1. The molecule has 0 radical (unpaired) electrons. The standard InChI is InChI=1S/C10H11NO2S/c12-8-4-2-1-3-7(8)5-9-10(13)11-6-14-9/h1-4,9,12H,5-6H2,(H,11,13). The molecular weight excluding hydrogens is 198 g/mol. The Bertz CT molecular complexity index is 354. The van der Waals surface area contributed by atoms with E-state index >= 15 is 0 Å². The number of para-hydroxylation sites is 1. The molecule has 1 unspecified atom stereocenters. The van der Waals surface area contributed by atoms with E-state index in [1.165, 1.54) is 0 Å². The SMILES string of the molecule is O=C1NCSC1Cc1ccccc1O. The summed E-state index contributed by atoms with van der Waals surface area (Å²) in [7, 11) is 0. The van der Waals surface area contributed by atoms with Gasteiger partial charge in [-0.1, -0.05) is 18.2 Å². The Morgan fingerprint density at radius 2 is 2.29 bits per heavy atom. The lowest BCUT2D eigenvalue weighted by Gasteiger charge is -2.07. The van der Waals surface area contributed by atoms with Crippen LogP contribution in [-0.2, 0) is 11.2 Å². The first-order valence-electron chi connectivity index (χ1n) is 4.43. The maximum atomic E-state index is 11.3. The zero-order chi connectivity index (χ0) is 9.97. The number of carbonyl (C=O) groups excluding carboxylic acids is 1. The quantitative estimate of drug-likeness (QED) is 0.767. The first kappa shape index (κ1) is 9.40. The van der Waals surface area contributed by atoms with E-state index in [1.54, 1.807) is 23.9 Å². The van der Waals surface area contributed by atoms with E-state index < -0.39 is 0 Å². The van der Waals surface area contributed by atoms with Crippen LogP contribution in [-0.4, -0.2) is 22.1 Å². The van der Waals surface area contributed by atoms with E-state index in [0.717, 1.165) is 5.56 Å². The number of aromatic hydroxyl groups is 1. The molecule has 0 saturated carbocycles. The highest BCUT2D eigenvalue weighted by atomic mass is 32.2. The molecule has 1 saturated heterocycles. The summed E-state index contributed by atoms with van der Waals surface area (Å²) in [5.41, 5.74) is 0.835. The Hall–Kier alpha value is -1.16. The topological polar surface area (TPSA) is 49.3 Å². The average molecular weight is 209 g/mol. The van der Waals surface area contributed by atoms with Crippen LogP contribution in [0, 0.1) is 0 Å². The van der Waals surface area contributed by atoms with Crippen LogP contribution in [0.4, 0.5) is 0 Å². The number of phenols is 1. The van der Waals surface area contributed by atoms with Crippen LogP contribution < -0.4 is 5.32 Å². The molecule has 0 aliphatic carbocycles. The predicted molar refractivity (Wildman–Crippen MR) is 56.2 cm³/mol. The Labute approximate surface area is 86.5 Å². The van der Waals surface area contributed by atoms with Gasteiger partial charge < -0.3 is 10.4 Å². The van der Waals surface area contributed by atoms with Crippen molar-refractivity contribution < 1.29 is 9.90 Å². The van der Waals surface area contributed by atoms with Crippen LogP contribution in [0.5, 0.6) is 5.75 Å². The summed E-state index contributed by atoms with van der Waals surface area (Å²) >= 11 is 1.58. The van der Waals surface area contributed by atoms with E-state index in [0.29, 0.717) is 12.3 Å². The van der Waals surface area contributed by atoms with Gasteiger partial charge in [-0.05, 0) is 18.1 Å². The number of phenolic OH excluding ortho intramolecular Hbond substituents is 1. The molecular formula is C10H11NO2S. The molecule has 14 heavy (non-hydrogen) atoms. The van der Waals surface area contributed by atoms with E-state index in [2.05, 4.69) is 5.32 Å². The molecule has 1 amide bonds. The number of rotatable bonds is 2. The highest BCUT2D eigenvalue weighted by Gasteiger charge is 2.25. The molecule has 4 heteroatoms. The summed E-state index contributed by atoms with van der Waals surface area (Å²) in [6.07, 6.45) is 0.600. The zero-order valence-corrected chi connectivity index (χ0v) is 8.38. The summed E-state index contributed by atoms with van der Waals surface area (Å²) < 4.78 is 0. The third-order valence-electron chi connectivity index (χ3n) is 2.22. The number of hydrogen-bond acceptors (Lipinski definition) is 3. The van der Waals surface area contributed by atoms with Crippen LogP contribution >= 0.6 is 11.8 Å². The molecule has 1 fully saturated rings. The molecule has 74 valence electrons. The molecule has 1 aromatic rings. The van der Waals surface area contributed by atoms with Gasteiger partial charge >= 0.3 is 0 Å². The second kappa shape index (κ2) is 3.92. The molecule has 0 spiro atoms. The number of benzene rings is 1. The molecule has 2 rings (SSSR count). The summed E-state index contributed by atoms with van der Waals surface area (Å²) in [5, 5.41) is 12.2. The van der Waals surface area contributed by atoms with Crippen LogP contribution in [0.1, 0.15) is 5.56 Å². The lowest BCUT2D eigenvalue weighted by atomic mass is 10.1. The Balaban J connectivity index is 2.10. The van der Waals surface area contributed by atoms with Crippen LogP contribution in [0.3, 0.4) is 0 Å². The van der Waals surface area contributed by atoms with E-state index in [-0.39, 0.29) is 16.9 Å². The number of carbonyl (C=O) groups is 1. The van der Waals surface area contributed by atoms with Crippen molar-refractivity contribution in [3.63, 3.8) is 0 Å². The van der Waals surface area contributed by atoms with Gasteiger partial charge in [0.15, 0.2) is 0 Å². The fourth-order valence-electron chi connectivity index (χ4n) is 1.44. The smallest absolute Gasteiger partial charge is 0.234 e. The van der Waals surface area contributed by atoms with Crippen molar-refractivity contribution >= 4 is 17.7 Å². The van der Waals surface area contributed by atoms with Crippen molar-refractivity contribution in [2.75, 3.05) is 5.88 Å². The molecule has 3 nitrogen and oxygen atoms in total. The second-order valence-corrected chi connectivity index (χ2v) is 4.36. The van der Waals surface area contributed by atoms with Gasteiger partial charge in [-0.3, -0.25) is 4.79 Å². The lowest BCUT2D eigenvalue weighted by molar-refractivity contribution is -0.119. The summed E-state index contributed by atoms with van der Waals surface area (Å²) in [4.78, 5) is 11.3. The van der Waals surface area contributed by atoms with E-state index in [9.17, 15) is 9.90 Å². The molecule has 1 aromatic carbocycles. The summed E-state index contributed by atoms with van der Waals surface area (Å²) in [6.45, 7) is 0. The van der Waals surface area contributed by atoms with Crippen molar-refractivity contribution in [3.8, 4) is 5.75 Å². The highest BCUT2D eigenvalue weighted by molar-refractivity contribution is 8.01. The maximum absolute atomic E-state index is 11.3. The first-order chi connectivity index (χ1) is 6.77. The number of hydrogen-bond donors (Lipinski definition) is 2. The van der Waals surface area contributed by atoms with Gasteiger partial charge in [-0.15, -0.1) is 11.8 Å². The van der Waals surface area contributed by atoms with Gasteiger partial charge in [0.05, 0.1) is 11.1 Å². The monoisotopic (exact) mass is 209 g/mol. The predicted octanol–water partition coefficient (Wildman–Crippen LogP) is 1.12. The average Bonchev–Trinajstić information content (AvgIpc) is 2.56. The molecule has 2 N–H and O–H groups in total. The molecule has 0 bridgehead atoms. The van der Waals surface area contributed by atoms with E-state index in [4.69, 9.17) is 0 Å². The number of thioether (sulfide) groups is 1. The minimum Gasteiger partial charge on any atom is -0.508 e. The largest absolute Gasteiger partial charge is 0.508 e. The third kappa shape index (κ3) is 1.85. The summed E-state index contributed by atoms with van der Waals surface area (Å²) in [5.74, 6) is 1.02. The molecule has 1 heterocycles. The Morgan fingerprint density at radius 1 is 1.50 bits per heavy atom. The summed E-state index contributed by atoms with van der Waals surface area (Å²) in [6, 6.07) is 7.14. The van der Waals surface area contributed by atoms with Gasteiger partial charge in [0, 0.05) is 0 Å². The maximum Gasteiger partial charge on any atom is 0.234 e. The first-order valence-corrected chi connectivity index (χ1v) is 5.48. The van der Waals surface area contributed by atoms with E-state index in [1.807, 2.05) is 12.1 Å². The van der Waals surface area contributed by atoms with Crippen molar-refractivity contribution in [1.29, 1.82) is 0 Å². The molecule has 0 aromatic heterocycles. The van der Waals surface area contributed by atoms with Crippen LogP contribution in [0.25, 0.3) is 0 Å². The second-order valence-electron chi connectivity index (χ2n) is 3.17. The lowest BCUT2D eigenvalue weighted by Crippen LogP contribution is -2.24. The minimum atomic E-state index is -0.0525. The molecule has 1 aliphatic rings. The van der Waals surface area contributed by atoms with Gasteiger partial charge in [0.1, 0.15) is 5.75 Å².